The predicted octanol–water partition coefficient (Wildman–Crippen LogP) is 2.42. The Morgan fingerprint density at radius 2 is 1.50 bits per heavy atom. The van der Waals surface area contributed by atoms with Crippen molar-refractivity contribution in [2.75, 3.05) is 0 Å². The van der Waals surface area contributed by atoms with Crippen molar-refractivity contribution < 1.29 is 19.8 Å². The summed E-state index contributed by atoms with van der Waals surface area (Å²) in [5.74, 6) is -1.73. The Kier molecular flexibility index (Phi) is 2.77. The van der Waals surface area contributed by atoms with Crippen LogP contribution >= 0.6 is 15.9 Å². The average molecular weight is 333 g/mol. The van der Waals surface area contributed by atoms with Crippen molar-refractivity contribution in [2.45, 2.75) is 5.60 Å². The summed E-state index contributed by atoms with van der Waals surface area (Å²) in [6, 6.07) is 10.5. The molecule has 0 aromatic heterocycles. The van der Waals surface area contributed by atoms with Crippen molar-refractivity contribution in [3.8, 4) is 5.75 Å². The Morgan fingerprint density at radius 1 is 0.950 bits per heavy atom. The standard InChI is InChI=1S/C15H9BrO4/c16-8-5-6-12(17)11(7-8)15(20)13(18)9-3-1-2-4-10(9)14(15)19/h1-7,17,20H. The molecule has 0 fully saturated rings. The van der Waals surface area contributed by atoms with Crippen molar-refractivity contribution in [1.82, 2.24) is 0 Å². The fourth-order valence-corrected chi connectivity index (χ4v) is 2.78. The van der Waals surface area contributed by atoms with E-state index in [9.17, 15) is 19.8 Å². The van der Waals surface area contributed by atoms with E-state index in [1.165, 1.54) is 24.3 Å². The van der Waals surface area contributed by atoms with Crippen LogP contribution in [0.5, 0.6) is 5.75 Å². The zero-order chi connectivity index (χ0) is 14.5. The normalized spacial score (nSPS) is 16.3. The molecule has 0 amide bonds. The molecule has 100 valence electrons. The quantitative estimate of drug-likeness (QED) is 0.786. The van der Waals surface area contributed by atoms with Gasteiger partial charge in [0.1, 0.15) is 5.75 Å². The number of phenols is 1. The van der Waals surface area contributed by atoms with E-state index in [2.05, 4.69) is 15.9 Å². The minimum absolute atomic E-state index is 0.113. The summed E-state index contributed by atoms with van der Waals surface area (Å²) in [4.78, 5) is 24.8. The van der Waals surface area contributed by atoms with Crippen LogP contribution in [-0.2, 0) is 5.60 Å². The van der Waals surface area contributed by atoms with Crippen LogP contribution < -0.4 is 0 Å². The second-order valence-corrected chi connectivity index (χ2v) is 5.49. The van der Waals surface area contributed by atoms with E-state index >= 15 is 0 Å². The van der Waals surface area contributed by atoms with Crippen molar-refractivity contribution in [2.24, 2.45) is 0 Å². The van der Waals surface area contributed by atoms with E-state index in [1.54, 1.807) is 18.2 Å². The molecular formula is C15H9BrO4. The highest BCUT2D eigenvalue weighted by atomic mass is 79.9. The Bertz CT molecular complexity index is 716. The van der Waals surface area contributed by atoms with Crippen molar-refractivity contribution in [1.29, 1.82) is 0 Å². The molecule has 0 radical (unpaired) electrons. The summed E-state index contributed by atoms with van der Waals surface area (Å²) in [5, 5.41) is 20.5. The van der Waals surface area contributed by atoms with Crippen LogP contribution in [0.25, 0.3) is 0 Å². The number of carbonyl (C=O) groups is 2. The minimum Gasteiger partial charge on any atom is -0.508 e. The van der Waals surface area contributed by atoms with Crippen LogP contribution in [0.3, 0.4) is 0 Å². The van der Waals surface area contributed by atoms with Crippen LogP contribution in [-0.4, -0.2) is 21.8 Å². The number of ketones is 2. The summed E-state index contributed by atoms with van der Waals surface area (Å²) >= 11 is 3.20. The Labute approximate surface area is 122 Å². The van der Waals surface area contributed by atoms with Crippen molar-refractivity contribution in [3.05, 3.63) is 63.6 Å². The Hall–Kier alpha value is -1.98. The van der Waals surface area contributed by atoms with Crippen molar-refractivity contribution >= 4 is 27.5 Å². The molecule has 0 aliphatic heterocycles. The van der Waals surface area contributed by atoms with Gasteiger partial charge in [0, 0.05) is 21.2 Å². The monoisotopic (exact) mass is 332 g/mol. The molecule has 1 aliphatic carbocycles. The maximum atomic E-state index is 12.4. The third-order valence-electron chi connectivity index (χ3n) is 3.42. The van der Waals surface area contributed by atoms with Gasteiger partial charge in [0.25, 0.3) is 0 Å². The molecule has 0 saturated carbocycles. The fraction of sp³-hybridized carbons (Fsp3) is 0.0667. The van der Waals surface area contributed by atoms with E-state index in [1.807, 2.05) is 0 Å². The summed E-state index contributed by atoms with van der Waals surface area (Å²) in [5.41, 5.74) is -2.14. The zero-order valence-corrected chi connectivity index (χ0v) is 11.7. The Morgan fingerprint density at radius 3 is 2.05 bits per heavy atom. The van der Waals surface area contributed by atoms with Gasteiger partial charge >= 0.3 is 0 Å². The van der Waals surface area contributed by atoms with Gasteiger partial charge in [0.05, 0.1) is 0 Å². The molecule has 0 bridgehead atoms. The molecule has 2 aromatic rings. The number of hydrogen-bond acceptors (Lipinski definition) is 4. The van der Waals surface area contributed by atoms with E-state index in [-0.39, 0.29) is 22.4 Å². The first-order valence-corrected chi connectivity index (χ1v) is 6.65. The van der Waals surface area contributed by atoms with Gasteiger partial charge in [-0.2, -0.15) is 0 Å². The van der Waals surface area contributed by atoms with Gasteiger partial charge in [-0.1, -0.05) is 40.2 Å². The summed E-state index contributed by atoms with van der Waals surface area (Å²) in [6.45, 7) is 0. The number of benzene rings is 2. The van der Waals surface area contributed by atoms with Gasteiger partial charge in [0.15, 0.2) is 0 Å². The lowest BCUT2D eigenvalue weighted by atomic mass is 9.88. The van der Waals surface area contributed by atoms with E-state index in [0.717, 1.165) is 0 Å². The molecule has 0 heterocycles. The predicted molar refractivity (Wildman–Crippen MR) is 74.8 cm³/mol. The first-order valence-electron chi connectivity index (χ1n) is 5.86. The topological polar surface area (TPSA) is 74.6 Å². The zero-order valence-electron chi connectivity index (χ0n) is 10.1. The largest absolute Gasteiger partial charge is 0.508 e. The number of hydrogen-bond donors (Lipinski definition) is 2. The lowest BCUT2D eigenvalue weighted by Gasteiger charge is -2.20. The highest BCUT2D eigenvalue weighted by Crippen LogP contribution is 2.41. The second kappa shape index (κ2) is 4.26. The van der Waals surface area contributed by atoms with Crippen molar-refractivity contribution in [3.63, 3.8) is 0 Å². The third kappa shape index (κ3) is 1.57. The molecule has 4 nitrogen and oxygen atoms in total. The third-order valence-corrected chi connectivity index (χ3v) is 3.92. The van der Waals surface area contributed by atoms with Gasteiger partial charge < -0.3 is 10.2 Å². The van der Waals surface area contributed by atoms with Crippen LogP contribution in [0.2, 0.25) is 0 Å². The van der Waals surface area contributed by atoms with Crippen LogP contribution in [0.1, 0.15) is 26.3 Å². The number of Topliss-reactive ketones (excluding diaryl/α,β-unsaturated/α-hetero) is 2. The molecule has 20 heavy (non-hydrogen) atoms. The number of phenolic OH excluding ortho intramolecular Hbond substituents is 1. The second-order valence-electron chi connectivity index (χ2n) is 4.58. The average Bonchev–Trinajstić information content (AvgIpc) is 2.65. The van der Waals surface area contributed by atoms with E-state index in [4.69, 9.17) is 0 Å². The summed E-state index contributed by atoms with van der Waals surface area (Å²) in [7, 11) is 0. The highest BCUT2D eigenvalue weighted by Gasteiger charge is 2.54. The molecule has 0 saturated heterocycles. The van der Waals surface area contributed by atoms with Crippen LogP contribution in [0, 0.1) is 0 Å². The number of fused-ring (bicyclic) bond motifs is 1. The van der Waals surface area contributed by atoms with Gasteiger partial charge in [0.2, 0.25) is 17.2 Å². The smallest absolute Gasteiger partial charge is 0.220 e. The number of rotatable bonds is 1. The fourth-order valence-electron chi connectivity index (χ4n) is 2.41. The first-order chi connectivity index (χ1) is 9.46. The molecule has 2 aromatic carbocycles. The molecule has 2 N–H and O–H groups in total. The maximum Gasteiger partial charge on any atom is 0.220 e. The summed E-state index contributed by atoms with van der Waals surface area (Å²) < 4.78 is 0.551. The number of carbonyl (C=O) groups excluding carboxylic acids is 2. The molecular weight excluding hydrogens is 324 g/mol. The van der Waals surface area contributed by atoms with Crippen LogP contribution in [0.4, 0.5) is 0 Å². The first kappa shape index (κ1) is 13.0. The lowest BCUT2D eigenvalue weighted by molar-refractivity contribution is 0.0312. The van der Waals surface area contributed by atoms with Crippen LogP contribution in [0.15, 0.2) is 46.9 Å². The molecule has 3 rings (SSSR count). The molecule has 0 atom stereocenters. The van der Waals surface area contributed by atoms with Gasteiger partial charge in [-0.25, -0.2) is 0 Å². The van der Waals surface area contributed by atoms with Gasteiger partial charge in [-0.3, -0.25) is 9.59 Å². The Balaban J connectivity index is 2.27. The number of halogens is 1. The van der Waals surface area contributed by atoms with E-state index in [0.29, 0.717) is 4.47 Å². The van der Waals surface area contributed by atoms with E-state index < -0.39 is 17.2 Å². The molecule has 1 aliphatic rings. The maximum absolute atomic E-state index is 12.4. The molecule has 5 heteroatoms. The molecule has 0 spiro atoms. The number of aromatic hydroxyl groups is 1. The SMILES string of the molecule is O=C1c2ccccc2C(=O)C1(O)c1cc(Br)ccc1O. The minimum atomic E-state index is -2.36. The van der Waals surface area contributed by atoms with Gasteiger partial charge in [-0.05, 0) is 18.2 Å². The lowest BCUT2D eigenvalue weighted by Crippen LogP contribution is -2.38. The highest BCUT2D eigenvalue weighted by molar-refractivity contribution is 9.10. The number of aliphatic hydroxyl groups is 1. The van der Waals surface area contributed by atoms with Gasteiger partial charge in [-0.15, -0.1) is 0 Å². The summed E-state index contributed by atoms with van der Waals surface area (Å²) in [6.07, 6.45) is 0. The molecule has 0 unspecified atom stereocenters.